The van der Waals surface area contributed by atoms with Gasteiger partial charge in [-0.1, -0.05) is 17.7 Å². The zero-order valence-corrected chi connectivity index (χ0v) is 19.1. The quantitative estimate of drug-likeness (QED) is 0.301. The van der Waals surface area contributed by atoms with Crippen LogP contribution in [0.25, 0.3) is 0 Å². The number of ether oxygens (including phenoxy) is 5. The lowest BCUT2D eigenvalue weighted by molar-refractivity contribution is -0.300. The number of hydrogen-bond donors (Lipinski definition) is 0. The van der Waals surface area contributed by atoms with Crippen LogP contribution in [0.4, 0.5) is 0 Å². The summed E-state index contributed by atoms with van der Waals surface area (Å²) in [4.78, 5) is 34.9. The van der Waals surface area contributed by atoms with E-state index in [0.29, 0.717) is 0 Å². The van der Waals surface area contributed by atoms with Crippen LogP contribution in [0, 0.1) is 6.92 Å². The van der Waals surface area contributed by atoms with Crippen molar-refractivity contribution in [2.75, 3.05) is 13.7 Å². The second-order valence-electron chi connectivity index (χ2n) is 7.05. The first-order valence-electron chi connectivity index (χ1n) is 9.60. The third-order valence-corrected chi connectivity index (χ3v) is 5.72. The van der Waals surface area contributed by atoms with Gasteiger partial charge in [0.15, 0.2) is 24.6 Å². The lowest BCUT2D eigenvalue weighted by Crippen LogP contribution is -2.62. The molecule has 32 heavy (non-hydrogen) atoms. The molecule has 0 amide bonds. The fourth-order valence-corrected chi connectivity index (χ4v) is 4.03. The second-order valence-corrected chi connectivity index (χ2v) is 8.67. The molecular formula is C20H26O11S. The monoisotopic (exact) mass is 474 g/mol. The maximum Gasteiger partial charge on any atom is 0.303 e. The number of carbonyl (C=O) groups is 3. The van der Waals surface area contributed by atoms with E-state index in [1.54, 1.807) is 19.1 Å². The maximum absolute atomic E-state index is 12.6. The molecule has 1 aliphatic rings. The average molecular weight is 474 g/mol. The van der Waals surface area contributed by atoms with E-state index in [9.17, 15) is 22.8 Å². The first-order valence-corrected chi connectivity index (χ1v) is 11.0. The minimum atomic E-state index is -4.18. The smallest absolute Gasteiger partial charge is 0.303 e. The van der Waals surface area contributed by atoms with Crippen molar-refractivity contribution in [3.8, 4) is 0 Å². The second kappa shape index (κ2) is 10.9. The van der Waals surface area contributed by atoms with Gasteiger partial charge in [0.25, 0.3) is 10.1 Å². The minimum Gasteiger partial charge on any atom is -0.456 e. The molecule has 0 N–H and O–H groups in total. The van der Waals surface area contributed by atoms with Gasteiger partial charge in [-0.05, 0) is 19.1 Å². The molecule has 0 aliphatic carbocycles. The first-order chi connectivity index (χ1) is 14.9. The Bertz CT molecular complexity index is 925. The van der Waals surface area contributed by atoms with Gasteiger partial charge in [0.1, 0.15) is 6.10 Å². The predicted octanol–water partition coefficient (Wildman–Crippen LogP) is 0.867. The molecule has 1 aromatic carbocycles. The van der Waals surface area contributed by atoms with Crippen molar-refractivity contribution in [1.82, 2.24) is 0 Å². The third kappa shape index (κ3) is 6.73. The van der Waals surface area contributed by atoms with Crippen molar-refractivity contribution in [3.63, 3.8) is 0 Å². The van der Waals surface area contributed by atoms with Crippen LogP contribution >= 0.6 is 0 Å². The Morgan fingerprint density at radius 1 is 0.875 bits per heavy atom. The first kappa shape index (κ1) is 25.7. The summed E-state index contributed by atoms with van der Waals surface area (Å²) in [5, 5.41) is 0. The number of rotatable bonds is 8. The van der Waals surface area contributed by atoms with Gasteiger partial charge in [-0.2, -0.15) is 8.42 Å². The Balaban J connectivity index is 2.33. The Hall–Kier alpha value is -2.54. The summed E-state index contributed by atoms with van der Waals surface area (Å²) in [5.74, 6) is -2.25. The van der Waals surface area contributed by atoms with Crippen LogP contribution < -0.4 is 0 Å². The van der Waals surface area contributed by atoms with Crippen molar-refractivity contribution in [1.29, 1.82) is 0 Å². The number of aryl methyl sites for hydroxylation is 1. The van der Waals surface area contributed by atoms with E-state index in [-0.39, 0.29) is 4.90 Å². The fraction of sp³-hybridized carbons (Fsp3) is 0.550. The highest BCUT2D eigenvalue weighted by Crippen LogP contribution is 2.30. The Labute approximate surface area is 186 Å². The average Bonchev–Trinajstić information content (AvgIpc) is 2.69. The molecule has 12 heteroatoms. The lowest BCUT2D eigenvalue weighted by Gasteiger charge is -2.43. The van der Waals surface area contributed by atoms with Crippen molar-refractivity contribution in [2.24, 2.45) is 0 Å². The van der Waals surface area contributed by atoms with Crippen LogP contribution in [-0.2, 0) is 52.4 Å². The summed E-state index contributed by atoms with van der Waals surface area (Å²) < 4.78 is 56.8. The van der Waals surface area contributed by atoms with Crippen LogP contribution in [0.15, 0.2) is 29.2 Å². The molecule has 1 aliphatic heterocycles. The van der Waals surface area contributed by atoms with E-state index in [2.05, 4.69) is 0 Å². The number of carbonyl (C=O) groups excluding carboxylic acids is 3. The Kier molecular flexibility index (Phi) is 8.73. The van der Waals surface area contributed by atoms with Crippen molar-refractivity contribution in [3.05, 3.63) is 29.8 Å². The van der Waals surface area contributed by atoms with Gasteiger partial charge in [0.05, 0.1) is 11.5 Å². The van der Waals surface area contributed by atoms with Crippen molar-refractivity contribution in [2.45, 2.75) is 63.3 Å². The number of methoxy groups -OCH3 is 1. The van der Waals surface area contributed by atoms with E-state index in [1.807, 2.05) is 0 Å². The number of hydrogen-bond acceptors (Lipinski definition) is 11. The van der Waals surface area contributed by atoms with Gasteiger partial charge >= 0.3 is 17.9 Å². The molecule has 5 atom stereocenters. The number of esters is 3. The Morgan fingerprint density at radius 2 is 1.38 bits per heavy atom. The summed E-state index contributed by atoms with van der Waals surface area (Å²) in [6.45, 7) is 4.55. The molecular weight excluding hydrogens is 448 g/mol. The number of benzene rings is 1. The van der Waals surface area contributed by atoms with Crippen LogP contribution in [0.5, 0.6) is 0 Å². The highest BCUT2D eigenvalue weighted by atomic mass is 32.2. The molecule has 178 valence electrons. The van der Waals surface area contributed by atoms with E-state index in [4.69, 9.17) is 27.9 Å². The standard InChI is InChI=1S/C20H26O11S/c1-11-6-8-15(9-7-11)32(24,25)27-10-16-17(28-12(2)21)18(29-13(3)22)19(30-14(4)23)20(26-5)31-16/h6-9,16-20H,10H2,1-5H3/t16-,17-,18+,19-,20-/m0/s1. The lowest BCUT2D eigenvalue weighted by atomic mass is 9.98. The summed E-state index contributed by atoms with van der Waals surface area (Å²) in [7, 11) is -2.93. The molecule has 0 saturated carbocycles. The van der Waals surface area contributed by atoms with Crippen LogP contribution in [0.2, 0.25) is 0 Å². The molecule has 1 heterocycles. The Morgan fingerprint density at radius 3 is 1.88 bits per heavy atom. The molecule has 0 unspecified atom stereocenters. The van der Waals surface area contributed by atoms with Crippen molar-refractivity contribution < 1.29 is 50.7 Å². The van der Waals surface area contributed by atoms with Gasteiger partial charge in [-0.3, -0.25) is 18.6 Å². The van der Waals surface area contributed by atoms with Crippen LogP contribution in [-0.4, -0.2) is 70.7 Å². The normalized spacial score (nSPS) is 25.6. The third-order valence-electron chi connectivity index (χ3n) is 4.43. The van der Waals surface area contributed by atoms with E-state index >= 15 is 0 Å². The molecule has 0 bridgehead atoms. The molecule has 1 aromatic rings. The highest BCUT2D eigenvalue weighted by molar-refractivity contribution is 7.86. The van der Waals surface area contributed by atoms with Gasteiger partial charge in [-0.25, -0.2) is 0 Å². The molecule has 1 saturated heterocycles. The summed E-state index contributed by atoms with van der Waals surface area (Å²) in [5.41, 5.74) is 0.859. The van der Waals surface area contributed by atoms with Crippen LogP contribution in [0.1, 0.15) is 26.3 Å². The van der Waals surface area contributed by atoms with E-state index in [0.717, 1.165) is 26.3 Å². The van der Waals surface area contributed by atoms with Gasteiger partial charge in [0.2, 0.25) is 0 Å². The zero-order chi connectivity index (χ0) is 24.1. The predicted molar refractivity (Wildman–Crippen MR) is 107 cm³/mol. The zero-order valence-electron chi connectivity index (χ0n) is 18.3. The van der Waals surface area contributed by atoms with Gasteiger partial charge < -0.3 is 23.7 Å². The molecule has 0 radical (unpaired) electrons. The molecule has 2 rings (SSSR count). The van der Waals surface area contributed by atoms with E-state index < -0.39 is 65.3 Å². The molecule has 0 aromatic heterocycles. The summed E-state index contributed by atoms with van der Waals surface area (Å²) in [6.07, 6.45) is -6.46. The fourth-order valence-electron chi connectivity index (χ4n) is 3.11. The molecule has 11 nitrogen and oxygen atoms in total. The minimum absolute atomic E-state index is 0.0828. The molecule has 0 spiro atoms. The topological polar surface area (TPSA) is 141 Å². The van der Waals surface area contributed by atoms with Gasteiger partial charge in [-0.15, -0.1) is 0 Å². The summed E-state index contributed by atoms with van der Waals surface area (Å²) in [6, 6.07) is 5.98. The molecule has 1 fully saturated rings. The van der Waals surface area contributed by atoms with Gasteiger partial charge in [0, 0.05) is 27.9 Å². The van der Waals surface area contributed by atoms with Crippen LogP contribution in [0.3, 0.4) is 0 Å². The SMILES string of the molecule is CO[C@H]1O[C@@H](COS(=O)(=O)c2ccc(C)cc2)[C@H](OC(C)=O)[C@@H](OC(C)=O)[C@@H]1OC(C)=O. The highest BCUT2D eigenvalue weighted by Gasteiger charge is 2.52. The summed E-state index contributed by atoms with van der Waals surface area (Å²) >= 11 is 0. The van der Waals surface area contributed by atoms with E-state index in [1.165, 1.54) is 19.2 Å². The maximum atomic E-state index is 12.6. The van der Waals surface area contributed by atoms with Crippen molar-refractivity contribution >= 4 is 28.0 Å². The largest absolute Gasteiger partial charge is 0.456 e.